The number of hydrogen-bond acceptors (Lipinski definition) is 6. The Hall–Kier alpha value is -2.16. The Balaban J connectivity index is 4.58. The van der Waals surface area contributed by atoms with E-state index in [0.29, 0.717) is 12.8 Å². The van der Waals surface area contributed by atoms with Crippen molar-refractivity contribution >= 4 is 23.8 Å². The summed E-state index contributed by atoms with van der Waals surface area (Å²) in [7, 11) is 0. The van der Waals surface area contributed by atoms with Crippen molar-refractivity contribution in [2.24, 2.45) is 17.6 Å². The summed E-state index contributed by atoms with van der Waals surface area (Å²) in [5.41, 5.74) is 5.44. The molecule has 0 aliphatic heterocycles. The van der Waals surface area contributed by atoms with E-state index in [-0.39, 0.29) is 32.1 Å². The number of aliphatic hydroxyl groups excluding tert-OH is 1. The summed E-state index contributed by atoms with van der Waals surface area (Å²) < 4.78 is 5.67. The molecule has 3 atom stereocenters. The number of primary amides is 1. The summed E-state index contributed by atoms with van der Waals surface area (Å²) in [6, 6.07) is -1.06. The van der Waals surface area contributed by atoms with Crippen molar-refractivity contribution in [2.75, 3.05) is 0 Å². The van der Waals surface area contributed by atoms with E-state index in [0.717, 1.165) is 56.8 Å². The minimum Gasteiger partial charge on any atom is -0.481 e. The fourth-order valence-corrected chi connectivity index (χ4v) is 6.10. The largest absolute Gasteiger partial charge is 0.481 e. The van der Waals surface area contributed by atoms with Crippen LogP contribution in [0.2, 0.25) is 0 Å². The van der Waals surface area contributed by atoms with E-state index < -0.39 is 42.0 Å². The van der Waals surface area contributed by atoms with Crippen LogP contribution in [0, 0.1) is 11.8 Å². The standard InChI is InChI=1S/C39H74N2O7/c1-31(2)23-18-14-10-6-5-7-13-17-21-26-34(30-36(40)43)48-39(47)35(27-22-28-38(45)46)41-37(44)29-33(42)25-20-16-12-9-8-11-15-19-24-32(3)4/h31-35,42H,5-30H2,1-4H3,(H2,40,43)(H,41,44)(H,45,46)/t33-,34-,35-/m0/s1. The summed E-state index contributed by atoms with van der Waals surface area (Å²) in [4.78, 5) is 48.7. The van der Waals surface area contributed by atoms with E-state index >= 15 is 0 Å². The molecule has 9 nitrogen and oxygen atoms in total. The summed E-state index contributed by atoms with van der Waals surface area (Å²) in [5.74, 6) is -1.19. The number of rotatable bonds is 34. The summed E-state index contributed by atoms with van der Waals surface area (Å²) in [5, 5.41) is 22.2. The predicted molar refractivity (Wildman–Crippen MR) is 194 cm³/mol. The van der Waals surface area contributed by atoms with Crippen LogP contribution in [0.25, 0.3) is 0 Å². The average Bonchev–Trinajstić information content (AvgIpc) is 2.99. The number of hydrogen-bond donors (Lipinski definition) is 4. The zero-order valence-electron chi connectivity index (χ0n) is 31.3. The van der Waals surface area contributed by atoms with Gasteiger partial charge in [0.15, 0.2) is 0 Å². The van der Waals surface area contributed by atoms with Gasteiger partial charge in [-0.15, -0.1) is 0 Å². The Kier molecular flexibility index (Phi) is 29.5. The first-order valence-corrected chi connectivity index (χ1v) is 19.6. The first kappa shape index (κ1) is 45.8. The van der Waals surface area contributed by atoms with Crippen molar-refractivity contribution in [2.45, 2.75) is 213 Å². The van der Waals surface area contributed by atoms with Gasteiger partial charge in [0.2, 0.25) is 11.8 Å². The van der Waals surface area contributed by atoms with Crippen molar-refractivity contribution in [1.82, 2.24) is 5.32 Å². The lowest BCUT2D eigenvalue weighted by atomic mass is 10.0. The van der Waals surface area contributed by atoms with Gasteiger partial charge >= 0.3 is 11.9 Å². The zero-order valence-corrected chi connectivity index (χ0v) is 31.3. The van der Waals surface area contributed by atoms with Gasteiger partial charge in [-0.1, -0.05) is 143 Å². The van der Waals surface area contributed by atoms with Crippen molar-refractivity contribution in [3.8, 4) is 0 Å². The Morgan fingerprint density at radius 1 is 0.583 bits per heavy atom. The number of carboxylic acids is 1. The number of ether oxygens (including phenoxy) is 1. The van der Waals surface area contributed by atoms with Crippen LogP contribution in [0.5, 0.6) is 0 Å². The SMILES string of the molecule is CC(C)CCCCCCCCCCC[C@@H](CC(N)=O)OC(=O)[C@H](CCCC(=O)O)NC(=O)C[C@@H](O)CCCCCCCCCCC(C)C. The third-order valence-electron chi connectivity index (χ3n) is 9.01. The highest BCUT2D eigenvalue weighted by Gasteiger charge is 2.27. The van der Waals surface area contributed by atoms with Crippen LogP contribution in [0.15, 0.2) is 0 Å². The van der Waals surface area contributed by atoms with E-state index in [1.165, 1.54) is 77.0 Å². The Labute approximate surface area is 293 Å². The quantitative estimate of drug-likeness (QED) is 0.0390. The summed E-state index contributed by atoms with van der Waals surface area (Å²) >= 11 is 0. The second-order valence-electron chi connectivity index (χ2n) is 14.9. The highest BCUT2D eigenvalue weighted by molar-refractivity contribution is 5.85. The Bertz CT molecular complexity index is 833. The predicted octanol–water partition coefficient (Wildman–Crippen LogP) is 8.77. The lowest BCUT2D eigenvalue weighted by Gasteiger charge is -2.22. The molecular weight excluding hydrogens is 608 g/mol. The lowest BCUT2D eigenvalue weighted by Crippen LogP contribution is -2.44. The molecule has 0 unspecified atom stereocenters. The van der Waals surface area contributed by atoms with Gasteiger partial charge in [-0.05, 0) is 43.9 Å². The van der Waals surface area contributed by atoms with E-state index in [1.54, 1.807) is 0 Å². The molecule has 0 aliphatic rings. The van der Waals surface area contributed by atoms with E-state index in [1.807, 2.05) is 0 Å². The van der Waals surface area contributed by atoms with Gasteiger partial charge in [-0.2, -0.15) is 0 Å². The molecule has 0 fully saturated rings. The molecule has 0 heterocycles. The number of aliphatic carboxylic acids is 1. The van der Waals surface area contributed by atoms with Crippen molar-refractivity contribution in [3.63, 3.8) is 0 Å². The second kappa shape index (κ2) is 30.9. The van der Waals surface area contributed by atoms with Crippen molar-refractivity contribution < 1.29 is 34.1 Å². The van der Waals surface area contributed by atoms with Gasteiger partial charge in [-0.25, -0.2) is 4.79 Å². The van der Waals surface area contributed by atoms with Crippen LogP contribution in [0.4, 0.5) is 0 Å². The topological polar surface area (TPSA) is 156 Å². The number of nitrogens with one attached hydrogen (secondary N) is 1. The van der Waals surface area contributed by atoms with Crippen LogP contribution in [-0.4, -0.2) is 52.2 Å². The molecule has 0 rings (SSSR count). The van der Waals surface area contributed by atoms with Crippen LogP contribution in [-0.2, 0) is 23.9 Å². The summed E-state index contributed by atoms with van der Waals surface area (Å²) in [6.07, 6.45) is 21.6. The Morgan fingerprint density at radius 3 is 1.42 bits per heavy atom. The second-order valence-corrected chi connectivity index (χ2v) is 14.9. The highest BCUT2D eigenvalue weighted by atomic mass is 16.5. The molecule has 0 saturated carbocycles. The van der Waals surface area contributed by atoms with E-state index in [4.69, 9.17) is 15.6 Å². The van der Waals surface area contributed by atoms with E-state index in [2.05, 4.69) is 33.0 Å². The minimum atomic E-state index is -1.06. The fraction of sp³-hybridized carbons (Fsp3) is 0.897. The number of esters is 1. The number of carbonyl (C=O) groups is 4. The molecule has 2 amide bonds. The van der Waals surface area contributed by atoms with Crippen LogP contribution in [0.3, 0.4) is 0 Å². The van der Waals surface area contributed by atoms with Gasteiger partial charge in [0, 0.05) is 6.42 Å². The monoisotopic (exact) mass is 683 g/mol. The molecule has 5 N–H and O–H groups in total. The fourth-order valence-electron chi connectivity index (χ4n) is 6.10. The van der Waals surface area contributed by atoms with E-state index in [9.17, 15) is 24.3 Å². The maximum Gasteiger partial charge on any atom is 0.328 e. The normalized spacial score (nSPS) is 13.4. The first-order valence-electron chi connectivity index (χ1n) is 19.6. The zero-order chi connectivity index (χ0) is 36.0. The van der Waals surface area contributed by atoms with Crippen LogP contribution in [0.1, 0.15) is 195 Å². The third-order valence-corrected chi connectivity index (χ3v) is 9.01. The molecule has 0 aromatic carbocycles. The molecule has 9 heteroatoms. The van der Waals surface area contributed by atoms with Crippen molar-refractivity contribution in [1.29, 1.82) is 0 Å². The molecule has 282 valence electrons. The van der Waals surface area contributed by atoms with Gasteiger partial charge in [0.25, 0.3) is 0 Å². The molecule has 0 radical (unpaired) electrons. The molecule has 0 saturated heterocycles. The van der Waals surface area contributed by atoms with Crippen LogP contribution >= 0.6 is 0 Å². The molecule has 0 spiro atoms. The van der Waals surface area contributed by atoms with Crippen molar-refractivity contribution in [3.05, 3.63) is 0 Å². The number of aliphatic hydroxyl groups is 1. The van der Waals surface area contributed by atoms with Crippen LogP contribution < -0.4 is 11.1 Å². The molecule has 0 bridgehead atoms. The molecular formula is C39H74N2O7. The maximum absolute atomic E-state index is 13.1. The molecule has 48 heavy (non-hydrogen) atoms. The van der Waals surface area contributed by atoms with Gasteiger partial charge in [0.1, 0.15) is 12.1 Å². The van der Waals surface area contributed by atoms with Gasteiger partial charge < -0.3 is 26.0 Å². The number of carbonyl (C=O) groups excluding carboxylic acids is 3. The smallest absolute Gasteiger partial charge is 0.328 e. The number of nitrogens with two attached hydrogens (primary N) is 1. The molecule has 0 aromatic rings. The number of unbranched alkanes of at least 4 members (excludes halogenated alkanes) is 15. The minimum absolute atomic E-state index is 0.0885. The third kappa shape index (κ3) is 31.1. The molecule has 0 aliphatic carbocycles. The maximum atomic E-state index is 13.1. The Morgan fingerprint density at radius 2 is 1.00 bits per heavy atom. The summed E-state index contributed by atoms with van der Waals surface area (Å²) in [6.45, 7) is 9.05. The highest BCUT2D eigenvalue weighted by Crippen LogP contribution is 2.18. The number of carboxylic acid groups (broad SMARTS) is 1. The first-order chi connectivity index (χ1) is 22.9. The number of amides is 2. The lowest BCUT2D eigenvalue weighted by molar-refractivity contribution is -0.155. The van der Waals surface area contributed by atoms with Gasteiger partial charge in [-0.3, -0.25) is 14.4 Å². The van der Waals surface area contributed by atoms with Gasteiger partial charge in [0.05, 0.1) is 18.9 Å². The average molecular weight is 683 g/mol. The molecule has 0 aromatic heterocycles.